The van der Waals surface area contributed by atoms with E-state index in [-0.39, 0.29) is 0 Å². The van der Waals surface area contributed by atoms with Crippen molar-refractivity contribution in [2.24, 2.45) is 11.7 Å². The van der Waals surface area contributed by atoms with Crippen LogP contribution in [0.4, 0.5) is 0 Å². The molecule has 3 heteroatoms. The number of hydrogen-bond donors (Lipinski definition) is 1. The topological polar surface area (TPSA) is 38.5 Å². The number of ether oxygens (including phenoxy) is 1. The van der Waals surface area contributed by atoms with E-state index < -0.39 is 0 Å². The summed E-state index contributed by atoms with van der Waals surface area (Å²) in [4.78, 5) is 2.51. The van der Waals surface area contributed by atoms with E-state index in [1.165, 1.54) is 32.4 Å². The van der Waals surface area contributed by atoms with Gasteiger partial charge in [-0.25, -0.2) is 0 Å². The van der Waals surface area contributed by atoms with Crippen molar-refractivity contribution in [1.29, 1.82) is 0 Å². The SMILES string of the molecule is CC(C)OCCN1CCC(CCN)CC1. The van der Waals surface area contributed by atoms with Crippen molar-refractivity contribution in [2.45, 2.75) is 39.2 Å². The maximum absolute atomic E-state index is 5.57. The van der Waals surface area contributed by atoms with E-state index in [4.69, 9.17) is 10.5 Å². The van der Waals surface area contributed by atoms with E-state index >= 15 is 0 Å². The van der Waals surface area contributed by atoms with Crippen molar-refractivity contribution < 1.29 is 4.74 Å². The van der Waals surface area contributed by atoms with Gasteiger partial charge in [0, 0.05) is 6.54 Å². The lowest BCUT2D eigenvalue weighted by Crippen LogP contribution is -2.36. The molecule has 1 saturated heterocycles. The number of nitrogens with zero attached hydrogens (tertiary/aromatic N) is 1. The Labute approximate surface area is 94.0 Å². The summed E-state index contributed by atoms with van der Waals surface area (Å²) in [5.74, 6) is 0.872. The Bertz CT molecular complexity index is 154. The lowest BCUT2D eigenvalue weighted by Gasteiger charge is -2.31. The molecule has 0 aromatic rings. The molecule has 0 radical (unpaired) electrons. The molecule has 0 atom stereocenters. The van der Waals surface area contributed by atoms with Gasteiger partial charge in [0.05, 0.1) is 12.7 Å². The van der Waals surface area contributed by atoms with Gasteiger partial charge >= 0.3 is 0 Å². The molecular formula is C12H26N2O. The lowest BCUT2D eigenvalue weighted by molar-refractivity contribution is 0.0505. The predicted octanol–water partition coefficient (Wildman–Crippen LogP) is 1.47. The van der Waals surface area contributed by atoms with Crippen molar-refractivity contribution in [3.05, 3.63) is 0 Å². The average molecular weight is 214 g/mol. The van der Waals surface area contributed by atoms with Gasteiger partial charge in [0.15, 0.2) is 0 Å². The maximum atomic E-state index is 5.57. The van der Waals surface area contributed by atoms with Crippen LogP contribution < -0.4 is 5.73 Å². The normalized spacial score (nSPS) is 20.0. The van der Waals surface area contributed by atoms with Gasteiger partial charge in [0.2, 0.25) is 0 Å². The quantitative estimate of drug-likeness (QED) is 0.728. The molecule has 15 heavy (non-hydrogen) atoms. The van der Waals surface area contributed by atoms with Crippen molar-refractivity contribution in [3.63, 3.8) is 0 Å². The van der Waals surface area contributed by atoms with Crippen LogP contribution in [0.2, 0.25) is 0 Å². The monoisotopic (exact) mass is 214 g/mol. The minimum Gasteiger partial charge on any atom is -0.377 e. The highest BCUT2D eigenvalue weighted by Gasteiger charge is 2.17. The highest BCUT2D eigenvalue weighted by molar-refractivity contribution is 4.72. The van der Waals surface area contributed by atoms with Crippen molar-refractivity contribution >= 4 is 0 Å². The van der Waals surface area contributed by atoms with Gasteiger partial charge in [-0.2, -0.15) is 0 Å². The Morgan fingerprint density at radius 1 is 1.33 bits per heavy atom. The first-order valence-electron chi connectivity index (χ1n) is 6.26. The first kappa shape index (κ1) is 12.9. The smallest absolute Gasteiger partial charge is 0.0596 e. The minimum atomic E-state index is 0.361. The number of likely N-dealkylation sites (tertiary alicyclic amines) is 1. The molecule has 3 nitrogen and oxygen atoms in total. The molecule has 0 spiro atoms. The molecule has 0 aromatic heterocycles. The Balaban J connectivity index is 2.04. The van der Waals surface area contributed by atoms with Gasteiger partial charge in [-0.3, -0.25) is 0 Å². The minimum absolute atomic E-state index is 0.361. The molecule has 1 aliphatic rings. The van der Waals surface area contributed by atoms with Gasteiger partial charge in [0.25, 0.3) is 0 Å². The van der Waals surface area contributed by atoms with Gasteiger partial charge in [-0.15, -0.1) is 0 Å². The third kappa shape index (κ3) is 5.50. The Kier molecular flexibility index (Phi) is 6.22. The molecule has 90 valence electrons. The van der Waals surface area contributed by atoms with Gasteiger partial charge in [-0.05, 0) is 58.7 Å². The Hall–Kier alpha value is -0.120. The molecule has 0 aliphatic carbocycles. The fourth-order valence-electron chi connectivity index (χ4n) is 2.15. The third-order valence-corrected chi connectivity index (χ3v) is 3.14. The summed E-state index contributed by atoms with van der Waals surface area (Å²) in [6.45, 7) is 9.45. The second kappa shape index (κ2) is 7.20. The summed E-state index contributed by atoms with van der Waals surface area (Å²) in [5, 5.41) is 0. The van der Waals surface area contributed by atoms with E-state index in [9.17, 15) is 0 Å². The standard InChI is InChI=1S/C12H26N2O/c1-11(2)15-10-9-14-7-4-12(3-6-13)5-8-14/h11-12H,3-10,13H2,1-2H3. The molecule has 0 saturated carbocycles. The van der Waals surface area contributed by atoms with Crippen LogP contribution >= 0.6 is 0 Å². The summed E-state index contributed by atoms with van der Waals surface area (Å²) in [5.41, 5.74) is 5.57. The van der Waals surface area contributed by atoms with Crippen molar-refractivity contribution in [3.8, 4) is 0 Å². The number of rotatable bonds is 6. The molecule has 1 heterocycles. The second-order valence-electron chi connectivity index (χ2n) is 4.78. The Morgan fingerprint density at radius 2 is 2.00 bits per heavy atom. The summed E-state index contributed by atoms with van der Waals surface area (Å²) >= 11 is 0. The second-order valence-corrected chi connectivity index (χ2v) is 4.78. The average Bonchev–Trinajstić information content (AvgIpc) is 2.20. The molecule has 0 bridgehead atoms. The summed E-state index contributed by atoms with van der Waals surface area (Å²) in [6.07, 6.45) is 4.20. The summed E-state index contributed by atoms with van der Waals surface area (Å²) < 4.78 is 5.56. The van der Waals surface area contributed by atoms with E-state index in [0.717, 1.165) is 25.6 Å². The fourth-order valence-corrected chi connectivity index (χ4v) is 2.15. The summed E-state index contributed by atoms with van der Waals surface area (Å²) in [7, 11) is 0. The lowest BCUT2D eigenvalue weighted by atomic mass is 9.94. The van der Waals surface area contributed by atoms with Gasteiger partial charge < -0.3 is 15.4 Å². The van der Waals surface area contributed by atoms with Crippen LogP contribution in [0.5, 0.6) is 0 Å². The van der Waals surface area contributed by atoms with Crippen LogP contribution in [0.1, 0.15) is 33.1 Å². The maximum Gasteiger partial charge on any atom is 0.0596 e. The van der Waals surface area contributed by atoms with Crippen molar-refractivity contribution in [1.82, 2.24) is 4.90 Å². The van der Waals surface area contributed by atoms with E-state index in [1.807, 2.05) is 0 Å². The van der Waals surface area contributed by atoms with Crippen LogP contribution in [0, 0.1) is 5.92 Å². The first-order valence-corrected chi connectivity index (χ1v) is 6.26. The first-order chi connectivity index (χ1) is 7.22. The molecule has 0 unspecified atom stereocenters. The molecule has 0 aromatic carbocycles. The highest BCUT2D eigenvalue weighted by atomic mass is 16.5. The number of hydrogen-bond acceptors (Lipinski definition) is 3. The molecule has 0 amide bonds. The molecule has 1 aliphatic heterocycles. The Morgan fingerprint density at radius 3 is 2.53 bits per heavy atom. The molecule has 1 rings (SSSR count). The van der Waals surface area contributed by atoms with Gasteiger partial charge in [0.1, 0.15) is 0 Å². The van der Waals surface area contributed by atoms with E-state index in [2.05, 4.69) is 18.7 Å². The number of piperidine rings is 1. The van der Waals surface area contributed by atoms with Crippen LogP contribution in [-0.2, 0) is 4.74 Å². The third-order valence-electron chi connectivity index (χ3n) is 3.14. The highest BCUT2D eigenvalue weighted by Crippen LogP contribution is 2.19. The van der Waals surface area contributed by atoms with Gasteiger partial charge in [-0.1, -0.05) is 0 Å². The van der Waals surface area contributed by atoms with Crippen molar-refractivity contribution in [2.75, 3.05) is 32.8 Å². The van der Waals surface area contributed by atoms with E-state index in [1.54, 1.807) is 0 Å². The summed E-state index contributed by atoms with van der Waals surface area (Å²) in [6, 6.07) is 0. The largest absolute Gasteiger partial charge is 0.377 e. The van der Waals surface area contributed by atoms with Crippen LogP contribution in [0.15, 0.2) is 0 Å². The predicted molar refractivity (Wildman–Crippen MR) is 63.9 cm³/mol. The van der Waals surface area contributed by atoms with E-state index in [0.29, 0.717) is 6.10 Å². The number of nitrogens with two attached hydrogens (primary N) is 1. The van der Waals surface area contributed by atoms with Crippen LogP contribution in [0.25, 0.3) is 0 Å². The van der Waals surface area contributed by atoms with Crippen LogP contribution in [-0.4, -0.2) is 43.8 Å². The molecule has 2 N–H and O–H groups in total. The molecular weight excluding hydrogens is 188 g/mol. The zero-order chi connectivity index (χ0) is 11.1. The fraction of sp³-hybridized carbons (Fsp3) is 1.00. The van der Waals surface area contributed by atoms with Crippen LogP contribution in [0.3, 0.4) is 0 Å². The zero-order valence-corrected chi connectivity index (χ0v) is 10.2. The zero-order valence-electron chi connectivity index (χ0n) is 10.2. The molecule has 1 fully saturated rings.